The van der Waals surface area contributed by atoms with Gasteiger partial charge >= 0.3 is 5.97 Å². The highest BCUT2D eigenvalue weighted by Crippen LogP contribution is 2.41. The predicted molar refractivity (Wildman–Crippen MR) is 72.7 cm³/mol. The molecule has 18 heavy (non-hydrogen) atoms. The van der Waals surface area contributed by atoms with Crippen LogP contribution >= 0.6 is 11.8 Å². The summed E-state index contributed by atoms with van der Waals surface area (Å²) in [7, 11) is 1.63. The molecule has 1 atom stereocenters. The molecule has 1 aliphatic rings. The fourth-order valence-corrected chi connectivity index (χ4v) is 2.91. The lowest BCUT2D eigenvalue weighted by Gasteiger charge is -2.13. The molecule has 2 rings (SSSR count). The van der Waals surface area contributed by atoms with Crippen LogP contribution in [0.4, 0.5) is 0 Å². The van der Waals surface area contributed by atoms with Crippen LogP contribution in [0.25, 0.3) is 0 Å². The molecule has 0 aliphatic carbocycles. The minimum absolute atomic E-state index is 0.192. The Balaban J connectivity index is 2.33. The zero-order chi connectivity index (χ0) is 13.1. The predicted octanol–water partition coefficient (Wildman–Crippen LogP) is 3.32. The summed E-state index contributed by atoms with van der Waals surface area (Å²) >= 11 is 1.58. The fraction of sp³-hybridized carbons (Fsp3) is 0.357. The van der Waals surface area contributed by atoms with Crippen LogP contribution in [0.5, 0.6) is 5.75 Å². The molecule has 96 valence electrons. The molecule has 0 amide bonds. The van der Waals surface area contributed by atoms with Gasteiger partial charge < -0.3 is 9.47 Å². The third-order valence-electron chi connectivity index (χ3n) is 3.00. The molecule has 1 aromatic rings. The van der Waals surface area contributed by atoms with Crippen molar-refractivity contribution >= 4 is 17.7 Å². The Kier molecular flexibility index (Phi) is 3.97. The number of cyclic esters (lactones) is 1. The van der Waals surface area contributed by atoms with Gasteiger partial charge in [-0.25, -0.2) is 4.79 Å². The van der Waals surface area contributed by atoms with E-state index < -0.39 is 0 Å². The number of esters is 1. The van der Waals surface area contributed by atoms with Gasteiger partial charge in [-0.3, -0.25) is 0 Å². The normalized spacial score (nSPS) is 19.1. The zero-order valence-electron chi connectivity index (χ0n) is 10.7. The monoisotopic (exact) mass is 264 g/mol. The minimum atomic E-state index is -0.256. The third-order valence-corrected chi connectivity index (χ3v) is 3.90. The summed E-state index contributed by atoms with van der Waals surface area (Å²) in [5.41, 5.74) is 1.78. The van der Waals surface area contributed by atoms with Gasteiger partial charge in [0.1, 0.15) is 5.75 Å². The third kappa shape index (κ3) is 2.25. The number of ether oxygens (including phenoxy) is 2. The molecule has 0 N–H and O–H groups in total. The van der Waals surface area contributed by atoms with Crippen molar-refractivity contribution in [2.24, 2.45) is 0 Å². The van der Waals surface area contributed by atoms with Crippen molar-refractivity contribution in [1.29, 1.82) is 0 Å². The van der Waals surface area contributed by atoms with Gasteiger partial charge in [-0.1, -0.05) is 19.1 Å². The van der Waals surface area contributed by atoms with Crippen molar-refractivity contribution in [2.75, 3.05) is 13.4 Å². The van der Waals surface area contributed by atoms with Gasteiger partial charge in [0, 0.05) is 4.91 Å². The average molecular weight is 264 g/mol. The smallest absolute Gasteiger partial charge is 0.335 e. The molecule has 0 radical (unpaired) electrons. The number of thioether (sulfide) groups is 1. The van der Waals surface area contributed by atoms with E-state index in [0.29, 0.717) is 6.42 Å². The van der Waals surface area contributed by atoms with Crippen molar-refractivity contribution in [3.63, 3.8) is 0 Å². The van der Waals surface area contributed by atoms with Gasteiger partial charge in [0.15, 0.2) is 6.10 Å². The maximum Gasteiger partial charge on any atom is 0.335 e. The highest BCUT2D eigenvalue weighted by molar-refractivity contribution is 8.02. The summed E-state index contributed by atoms with van der Waals surface area (Å²) in [6, 6.07) is 7.63. The van der Waals surface area contributed by atoms with Gasteiger partial charge in [-0.2, -0.15) is 0 Å². The molecule has 0 aromatic heterocycles. The SMILES string of the molecule is CCC1=C(SC)C(c2ccc(OC)cc2)OC1=O. The van der Waals surface area contributed by atoms with Crippen LogP contribution in [-0.4, -0.2) is 19.3 Å². The largest absolute Gasteiger partial charge is 0.497 e. The van der Waals surface area contributed by atoms with Crippen molar-refractivity contribution in [3.05, 3.63) is 40.3 Å². The molecule has 0 saturated carbocycles. The topological polar surface area (TPSA) is 35.5 Å². The summed E-state index contributed by atoms with van der Waals surface area (Å²) in [6.07, 6.45) is 2.43. The summed E-state index contributed by atoms with van der Waals surface area (Å²) in [5, 5.41) is 0. The highest BCUT2D eigenvalue weighted by Gasteiger charge is 2.33. The van der Waals surface area contributed by atoms with E-state index in [-0.39, 0.29) is 12.1 Å². The number of rotatable bonds is 4. The van der Waals surface area contributed by atoms with Crippen LogP contribution in [-0.2, 0) is 9.53 Å². The maximum atomic E-state index is 11.8. The van der Waals surface area contributed by atoms with Crippen LogP contribution in [0, 0.1) is 0 Å². The number of methoxy groups -OCH3 is 1. The minimum Gasteiger partial charge on any atom is -0.497 e. The highest BCUT2D eigenvalue weighted by atomic mass is 32.2. The molecule has 3 nitrogen and oxygen atoms in total. The summed E-state index contributed by atoms with van der Waals surface area (Å²) in [6.45, 7) is 1.98. The van der Waals surface area contributed by atoms with Gasteiger partial charge in [0.2, 0.25) is 0 Å². The Morgan fingerprint density at radius 2 is 2.00 bits per heavy atom. The van der Waals surface area contributed by atoms with Crippen molar-refractivity contribution in [3.8, 4) is 5.75 Å². The summed E-state index contributed by atoms with van der Waals surface area (Å²) in [5.74, 6) is 0.608. The molecule has 0 bridgehead atoms. The first-order valence-electron chi connectivity index (χ1n) is 5.83. The van der Waals surface area contributed by atoms with Crippen LogP contribution in [0.1, 0.15) is 25.0 Å². The van der Waals surface area contributed by atoms with E-state index in [1.54, 1.807) is 18.9 Å². The van der Waals surface area contributed by atoms with E-state index in [0.717, 1.165) is 21.8 Å². The Bertz CT molecular complexity index is 476. The Hall–Kier alpha value is -1.42. The lowest BCUT2D eigenvalue weighted by molar-refractivity contribution is -0.140. The average Bonchev–Trinajstić information content (AvgIpc) is 2.74. The second-order valence-electron chi connectivity index (χ2n) is 3.96. The number of carbonyl (C=O) groups excluding carboxylic acids is 1. The van der Waals surface area contributed by atoms with Gasteiger partial charge in [0.05, 0.1) is 12.7 Å². The van der Waals surface area contributed by atoms with Crippen molar-refractivity contribution in [1.82, 2.24) is 0 Å². The maximum absolute atomic E-state index is 11.8. The van der Waals surface area contributed by atoms with E-state index >= 15 is 0 Å². The first kappa shape index (κ1) is 13.0. The summed E-state index contributed by atoms with van der Waals surface area (Å²) in [4.78, 5) is 12.8. The van der Waals surface area contributed by atoms with Gasteiger partial charge in [0.25, 0.3) is 0 Å². The second kappa shape index (κ2) is 5.48. The number of hydrogen-bond acceptors (Lipinski definition) is 4. The molecular weight excluding hydrogens is 248 g/mol. The molecular formula is C14H16O3S. The van der Waals surface area contributed by atoms with Crippen molar-refractivity contribution < 1.29 is 14.3 Å². The lowest BCUT2D eigenvalue weighted by atomic mass is 10.1. The molecule has 1 unspecified atom stereocenters. The van der Waals surface area contributed by atoms with E-state index in [9.17, 15) is 4.79 Å². The van der Waals surface area contributed by atoms with Crippen molar-refractivity contribution in [2.45, 2.75) is 19.4 Å². The molecule has 1 aromatic carbocycles. The second-order valence-corrected chi connectivity index (χ2v) is 4.81. The van der Waals surface area contributed by atoms with Crippen LogP contribution in [0.2, 0.25) is 0 Å². The number of carbonyl (C=O) groups is 1. The summed E-state index contributed by atoms with van der Waals surface area (Å²) < 4.78 is 10.6. The number of benzene rings is 1. The van der Waals surface area contributed by atoms with E-state index in [2.05, 4.69) is 0 Å². The zero-order valence-corrected chi connectivity index (χ0v) is 11.5. The Labute approximate surface area is 111 Å². The number of hydrogen-bond donors (Lipinski definition) is 0. The van der Waals surface area contributed by atoms with E-state index in [4.69, 9.17) is 9.47 Å². The molecule has 1 aliphatic heterocycles. The van der Waals surface area contributed by atoms with Gasteiger partial charge in [-0.15, -0.1) is 11.8 Å². The van der Waals surface area contributed by atoms with E-state index in [1.165, 1.54) is 0 Å². The lowest BCUT2D eigenvalue weighted by Crippen LogP contribution is -2.02. The Morgan fingerprint density at radius 3 is 2.50 bits per heavy atom. The molecule has 4 heteroatoms. The first-order valence-corrected chi connectivity index (χ1v) is 7.05. The fourth-order valence-electron chi connectivity index (χ4n) is 2.04. The first-order chi connectivity index (χ1) is 8.71. The van der Waals surface area contributed by atoms with Crippen LogP contribution < -0.4 is 4.74 Å². The van der Waals surface area contributed by atoms with Crippen LogP contribution in [0.3, 0.4) is 0 Å². The molecule has 0 saturated heterocycles. The molecule has 1 heterocycles. The van der Waals surface area contributed by atoms with Gasteiger partial charge in [-0.05, 0) is 30.4 Å². The molecule has 0 spiro atoms. The van der Waals surface area contributed by atoms with Crippen LogP contribution in [0.15, 0.2) is 34.7 Å². The molecule has 0 fully saturated rings. The standard InChI is InChI=1S/C14H16O3S/c1-4-11-13(18-3)12(17-14(11)15)9-5-7-10(16-2)8-6-9/h5-8,12H,4H2,1-3H3. The van der Waals surface area contributed by atoms with E-state index in [1.807, 2.05) is 37.4 Å². The Morgan fingerprint density at radius 1 is 1.33 bits per heavy atom. The quantitative estimate of drug-likeness (QED) is 0.781.